The molecule has 1 atom stereocenters. The monoisotopic (exact) mass is 407 g/mol. The highest BCUT2D eigenvalue weighted by atomic mass is 19.4. The molecule has 7 nitrogen and oxygen atoms in total. The molecule has 10 heteroatoms. The van der Waals surface area contributed by atoms with E-state index in [-0.39, 0.29) is 31.3 Å². The highest BCUT2D eigenvalue weighted by Gasteiger charge is 2.33. The molecule has 1 aromatic heterocycles. The first-order valence-corrected chi connectivity index (χ1v) is 9.02. The smallest absolute Gasteiger partial charge is 0.353 e. The number of hydrogen-bond acceptors (Lipinski definition) is 5. The van der Waals surface area contributed by atoms with E-state index in [0.29, 0.717) is 24.3 Å². The van der Waals surface area contributed by atoms with Gasteiger partial charge in [0.05, 0.1) is 30.3 Å². The molecule has 2 N–H and O–H groups in total. The van der Waals surface area contributed by atoms with E-state index in [1.807, 2.05) is 0 Å². The lowest BCUT2D eigenvalue weighted by Crippen LogP contribution is -2.56. The van der Waals surface area contributed by atoms with Gasteiger partial charge in [0.1, 0.15) is 6.33 Å². The molecular weight excluding hydrogens is 387 g/mol. The van der Waals surface area contributed by atoms with Crippen molar-refractivity contribution < 1.29 is 22.8 Å². The summed E-state index contributed by atoms with van der Waals surface area (Å²) >= 11 is 0. The van der Waals surface area contributed by atoms with E-state index in [1.165, 1.54) is 12.4 Å². The van der Waals surface area contributed by atoms with Crippen LogP contribution in [0.25, 0.3) is 0 Å². The molecule has 1 fully saturated rings. The first-order chi connectivity index (χ1) is 13.8. The molecule has 1 unspecified atom stereocenters. The quantitative estimate of drug-likeness (QED) is 0.758. The van der Waals surface area contributed by atoms with Gasteiger partial charge in [-0.1, -0.05) is 18.2 Å². The minimum absolute atomic E-state index is 0.101. The van der Waals surface area contributed by atoms with E-state index < -0.39 is 17.8 Å². The first kappa shape index (κ1) is 20.7. The maximum Gasteiger partial charge on any atom is 0.416 e. The van der Waals surface area contributed by atoms with Gasteiger partial charge in [-0.2, -0.15) is 13.2 Å². The molecule has 154 valence electrons. The second-order valence-corrected chi connectivity index (χ2v) is 6.66. The van der Waals surface area contributed by atoms with Gasteiger partial charge in [0.25, 0.3) is 0 Å². The van der Waals surface area contributed by atoms with E-state index in [2.05, 4.69) is 20.6 Å². The fraction of sp³-hybridized carbons (Fsp3) is 0.368. The molecule has 0 aliphatic carbocycles. The Morgan fingerprint density at radius 2 is 2.14 bits per heavy atom. The van der Waals surface area contributed by atoms with Gasteiger partial charge in [-0.25, -0.2) is 9.97 Å². The Hall–Kier alpha value is -3.01. The largest absolute Gasteiger partial charge is 0.416 e. The number of nitrogens with one attached hydrogen (secondary N) is 2. The van der Waals surface area contributed by atoms with Crippen LogP contribution in [-0.2, 0) is 28.9 Å². The number of carbonyl (C=O) groups is 2. The summed E-state index contributed by atoms with van der Waals surface area (Å²) in [6.07, 6.45) is -1.61. The van der Waals surface area contributed by atoms with E-state index in [4.69, 9.17) is 0 Å². The van der Waals surface area contributed by atoms with E-state index >= 15 is 0 Å². The molecule has 3 rings (SSSR count). The van der Waals surface area contributed by atoms with Crippen LogP contribution >= 0.6 is 0 Å². The molecular formula is C19H20F3N5O2. The van der Waals surface area contributed by atoms with Crippen molar-refractivity contribution in [1.29, 1.82) is 0 Å². The number of carbonyl (C=O) groups excluding carboxylic acids is 2. The Bertz CT molecular complexity index is 860. The Labute approximate surface area is 165 Å². The van der Waals surface area contributed by atoms with Crippen molar-refractivity contribution in [3.8, 4) is 0 Å². The molecule has 29 heavy (non-hydrogen) atoms. The van der Waals surface area contributed by atoms with Crippen LogP contribution in [0.15, 0.2) is 42.9 Å². The van der Waals surface area contributed by atoms with Gasteiger partial charge < -0.3 is 10.6 Å². The minimum Gasteiger partial charge on any atom is -0.353 e. The highest BCUT2D eigenvalue weighted by molar-refractivity contribution is 5.88. The Kier molecular flexibility index (Phi) is 6.42. The van der Waals surface area contributed by atoms with Crippen LogP contribution in [0, 0.1) is 0 Å². The van der Waals surface area contributed by atoms with E-state index in [0.717, 1.165) is 12.1 Å². The summed E-state index contributed by atoms with van der Waals surface area (Å²) in [5.74, 6) is -0.667. The van der Waals surface area contributed by atoms with Gasteiger partial charge in [0, 0.05) is 25.8 Å². The van der Waals surface area contributed by atoms with E-state index in [9.17, 15) is 22.8 Å². The molecule has 2 amide bonds. The highest BCUT2D eigenvalue weighted by Crippen LogP contribution is 2.30. The van der Waals surface area contributed by atoms with Gasteiger partial charge in [-0.05, 0) is 17.7 Å². The number of halogens is 3. The zero-order chi connectivity index (χ0) is 20.9. The van der Waals surface area contributed by atoms with Gasteiger partial charge >= 0.3 is 6.18 Å². The van der Waals surface area contributed by atoms with Crippen LogP contribution in [-0.4, -0.2) is 45.8 Å². The lowest BCUT2D eigenvalue weighted by molar-refractivity contribution is -0.137. The van der Waals surface area contributed by atoms with Crippen molar-refractivity contribution in [2.24, 2.45) is 0 Å². The van der Waals surface area contributed by atoms with Gasteiger partial charge in [0.15, 0.2) is 0 Å². The van der Waals surface area contributed by atoms with Crippen molar-refractivity contribution in [3.63, 3.8) is 0 Å². The number of amides is 2. The van der Waals surface area contributed by atoms with Crippen LogP contribution < -0.4 is 10.6 Å². The first-order valence-electron chi connectivity index (χ1n) is 9.02. The summed E-state index contributed by atoms with van der Waals surface area (Å²) in [6, 6.07) is 5.89. The number of piperazine rings is 1. The molecule has 0 bridgehead atoms. The zero-order valence-electron chi connectivity index (χ0n) is 15.4. The second kappa shape index (κ2) is 8.99. The fourth-order valence-corrected chi connectivity index (χ4v) is 3.11. The van der Waals surface area contributed by atoms with E-state index in [1.54, 1.807) is 23.2 Å². The predicted molar refractivity (Wildman–Crippen MR) is 97.1 cm³/mol. The standard InChI is InChI=1S/C19H20F3N5O2/c20-19(21,22)14-3-1-2-13(8-14)11-27-7-6-24-18(29)16(27)9-17(28)25-10-15-4-5-23-12-26-15/h1-5,8,12,16H,6-7,9-11H2,(H,24,29)(H,25,28). The average Bonchev–Trinajstić information content (AvgIpc) is 2.69. The lowest BCUT2D eigenvalue weighted by atomic mass is 10.0. The summed E-state index contributed by atoms with van der Waals surface area (Å²) in [4.78, 5) is 34.1. The third-order valence-corrected chi connectivity index (χ3v) is 4.57. The third-order valence-electron chi connectivity index (χ3n) is 4.57. The molecule has 1 aromatic carbocycles. The summed E-state index contributed by atoms with van der Waals surface area (Å²) in [5.41, 5.74) is 0.318. The number of hydrogen-bond donors (Lipinski definition) is 2. The molecule has 0 saturated carbocycles. The van der Waals surface area contributed by atoms with Gasteiger partial charge in [-0.3, -0.25) is 14.5 Å². The predicted octanol–water partition coefficient (Wildman–Crippen LogP) is 1.50. The number of aromatic nitrogens is 2. The number of rotatable bonds is 6. The van der Waals surface area contributed by atoms with Crippen LogP contribution in [0.3, 0.4) is 0 Å². The van der Waals surface area contributed by atoms with Gasteiger partial charge in [-0.15, -0.1) is 0 Å². The summed E-state index contributed by atoms with van der Waals surface area (Å²) < 4.78 is 38.8. The average molecular weight is 407 g/mol. The number of alkyl halides is 3. The summed E-state index contributed by atoms with van der Waals surface area (Å²) in [5, 5.41) is 5.40. The molecule has 2 heterocycles. The molecule has 1 aliphatic heterocycles. The second-order valence-electron chi connectivity index (χ2n) is 6.66. The lowest BCUT2D eigenvalue weighted by Gasteiger charge is -2.34. The van der Waals surface area contributed by atoms with Crippen molar-refractivity contribution in [2.45, 2.75) is 31.7 Å². The number of benzene rings is 1. The SMILES string of the molecule is O=C(CC1C(=O)NCCN1Cc1cccc(C(F)(F)F)c1)NCc1ccncn1. The number of nitrogens with zero attached hydrogens (tertiary/aromatic N) is 3. The van der Waals surface area contributed by atoms with Crippen molar-refractivity contribution in [1.82, 2.24) is 25.5 Å². The van der Waals surface area contributed by atoms with Crippen molar-refractivity contribution in [3.05, 3.63) is 59.7 Å². The molecule has 1 saturated heterocycles. The van der Waals surface area contributed by atoms with Crippen LogP contribution in [0.4, 0.5) is 13.2 Å². The van der Waals surface area contributed by atoms with Crippen LogP contribution in [0.2, 0.25) is 0 Å². The molecule has 2 aromatic rings. The molecule has 0 radical (unpaired) electrons. The van der Waals surface area contributed by atoms with Crippen molar-refractivity contribution in [2.75, 3.05) is 13.1 Å². The Balaban J connectivity index is 1.64. The van der Waals surface area contributed by atoms with Crippen molar-refractivity contribution >= 4 is 11.8 Å². The zero-order valence-corrected chi connectivity index (χ0v) is 15.4. The van der Waals surface area contributed by atoms with Crippen LogP contribution in [0.1, 0.15) is 23.2 Å². The topological polar surface area (TPSA) is 87.2 Å². The van der Waals surface area contributed by atoms with Gasteiger partial charge in [0.2, 0.25) is 11.8 Å². The fourth-order valence-electron chi connectivity index (χ4n) is 3.11. The Morgan fingerprint density at radius 3 is 2.86 bits per heavy atom. The maximum atomic E-state index is 12.9. The Morgan fingerprint density at radius 1 is 1.31 bits per heavy atom. The molecule has 1 aliphatic rings. The summed E-state index contributed by atoms with van der Waals surface area (Å²) in [7, 11) is 0. The molecule has 0 spiro atoms. The third kappa shape index (κ3) is 5.74. The maximum absolute atomic E-state index is 12.9. The summed E-state index contributed by atoms with van der Waals surface area (Å²) in [6.45, 7) is 1.15. The minimum atomic E-state index is -4.43. The van der Waals surface area contributed by atoms with Crippen LogP contribution in [0.5, 0.6) is 0 Å². The normalized spacial score (nSPS) is 17.6.